The number of ether oxygens (including phenoxy) is 1. The second-order valence-electron chi connectivity index (χ2n) is 5.00. The number of Topliss-reactive ketones (excluding diaryl/α,β-unsaturated/α-hetero) is 1. The molecule has 0 saturated carbocycles. The minimum absolute atomic E-state index is 0.148. The lowest BCUT2D eigenvalue weighted by Crippen LogP contribution is -2.38. The van der Waals surface area contributed by atoms with Crippen LogP contribution in [0.1, 0.15) is 52.9 Å². The van der Waals surface area contributed by atoms with E-state index < -0.39 is 0 Å². The molecule has 104 valence electrons. The molecule has 18 heavy (non-hydrogen) atoms. The molecule has 0 bridgehead atoms. The summed E-state index contributed by atoms with van der Waals surface area (Å²) in [4.78, 5) is 25.3. The zero-order valence-corrected chi connectivity index (χ0v) is 11.8. The third kappa shape index (κ3) is 4.41. The Morgan fingerprint density at radius 3 is 2.56 bits per heavy atom. The second kappa shape index (κ2) is 7.52. The first-order chi connectivity index (χ1) is 8.58. The lowest BCUT2D eigenvalue weighted by molar-refractivity contribution is -0.144. The summed E-state index contributed by atoms with van der Waals surface area (Å²) in [6.07, 6.45) is 3.96. The fourth-order valence-corrected chi connectivity index (χ4v) is 2.61. The largest absolute Gasteiger partial charge is 0.466 e. The van der Waals surface area contributed by atoms with Crippen molar-refractivity contribution < 1.29 is 14.3 Å². The van der Waals surface area contributed by atoms with Gasteiger partial charge in [0.15, 0.2) is 0 Å². The van der Waals surface area contributed by atoms with Gasteiger partial charge in [-0.3, -0.25) is 14.5 Å². The number of rotatable bonds is 7. The van der Waals surface area contributed by atoms with E-state index in [1.807, 2.05) is 0 Å². The van der Waals surface area contributed by atoms with Crippen molar-refractivity contribution in [3.8, 4) is 0 Å². The van der Waals surface area contributed by atoms with E-state index in [-0.39, 0.29) is 18.2 Å². The van der Waals surface area contributed by atoms with E-state index in [9.17, 15) is 9.59 Å². The normalized spacial score (nSPS) is 24.2. The molecule has 2 unspecified atom stereocenters. The van der Waals surface area contributed by atoms with E-state index in [0.29, 0.717) is 31.7 Å². The van der Waals surface area contributed by atoms with Gasteiger partial charge in [-0.05, 0) is 33.1 Å². The van der Waals surface area contributed by atoms with Gasteiger partial charge in [0.1, 0.15) is 5.78 Å². The van der Waals surface area contributed by atoms with Gasteiger partial charge < -0.3 is 4.74 Å². The fourth-order valence-electron chi connectivity index (χ4n) is 2.61. The van der Waals surface area contributed by atoms with Gasteiger partial charge >= 0.3 is 5.97 Å². The summed E-state index contributed by atoms with van der Waals surface area (Å²) in [5.41, 5.74) is 0. The molecular formula is C14H25NO3. The van der Waals surface area contributed by atoms with Gasteiger partial charge in [0.25, 0.3) is 0 Å². The predicted molar refractivity (Wildman–Crippen MR) is 70.4 cm³/mol. The van der Waals surface area contributed by atoms with Crippen molar-refractivity contribution in [3.63, 3.8) is 0 Å². The molecule has 1 saturated heterocycles. The summed E-state index contributed by atoms with van der Waals surface area (Å²) < 4.78 is 4.82. The van der Waals surface area contributed by atoms with Crippen molar-refractivity contribution >= 4 is 11.8 Å². The van der Waals surface area contributed by atoms with Crippen LogP contribution in [-0.2, 0) is 14.3 Å². The monoisotopic (exact) mass is 255 g/mol. The average Bonchev–Trinajstić information content (AvgIpc) is 2.68. The summed E-state index contributed by atoms with van der Waals surface area (Å²) in [5, 5.41) is 0. The van der Waals surface area contributed by atoms with E-state index in [1.54, 1.807) is 6.92 Å². The van der Waals surface area contributed by atoms with Crippen LogP contribution < -0.4 is 0 Å². The molecule has 4 heteroatoms. The molecule has 0 aliphatic carbocycles. The lowest BCUT2D eigenvalue weighted by Gasteiger charge is -2.26. The molecule has 0 aromatic rings. The molecule has 2 atom stereocenters. The molecule has 1 rings (SSSR count). The molecule has 1 aliphatic rings. The maximum Gasteiger partial charge on any atom is 0.306 e. The Labute approximate surface area is 110 Å². The fraction of sp³-hybridized carbons (Fsp3) is 0.857. The van der Waals surface area contributed by atoms with Gasteiger partial charge in [-0.2, -0.15) is 0 Å². The Kier molecular flexibility index (Phi) is 6.33. The van der Waals surface area contributed by atoms with E-state index >= 15 is 0 Å². The average molecular weight is 255 g/mol. The van der Waals surface area contributed by atoms with Gasteiger partial charge in [0.05, 0.1) is 19.6 Å². The first-order valence-corrected chi connectivity index (χ1v) is 7.01. The molecule has 0 amide bonds. The number of ketones is 1. The summed E-state index contributed by atoms with van der Waals surface area (Å²) in [7, 11) is 0. The Morgan fingerprint density at radius 1 is 1.22 bits per heavy atom. The van der Waals surface area contributed by atoms with Crippen LogP contribution in [0.2, 0.25) is 0 Å². The van der Waals surface area contributed by atoms with Crippen molar-refractivity contribution in [3.05, 3.63) is 0 Å². The smallest absolute Gasteiger partial charge is 0.306 e. The molecule has 0 aromatic carbocycles. The maximum atomic E-state index is 11.9. The number of hydrogen-bond donors (Lipinski definition) is 0. The molecule has 0 N–H and O–H groups in total. The third-order valence-corrected chi connectivity index (χ3v) is 3.70. The summed E-state index contributed by atoms with van der Waals surface area (Å²) >= 11 is 0. The molecular weight excluding hydrogens is 230 g/mol. The van der Waals surface area contributed by atoms with Crippen LogP contribution in [0.25, 0.3) is 0 Å². The zero-order chi connectivity index (χ0) is 13.5. The number of carbonyl (C=O) groups excluding carboxylic acids is 2. The van der Waals surface area contributed by atoms with Gasteiger partial charge in [-0.15, -0.1) is 0 Å². The molecule has 1 heterocycles. The topological polar surface area (TPSA) is 46.6 Å². The Morgan fingerprint density at radius 2 is 1.94 bits per heavy atom. The van der Waals surface area contributed by atoms with Crippen molar-refractivity contribution in [1.29, 1.82) is 0 Å². The first-order valence-electron chi connectivity index (χ1n) is 7.01. The second-order valence-corrected chi connectivity index (χ2v) is 5.00. The van der Waals surface area contributed by atoms with E-state index in [4.69, 9.17) is 4.74 Å². The maximum absolute atomic E-state index is 11.9. The molecule has 0 spiro atoms. The Hall–Kier alpha value is -0.900. The summed E-state index contributed by atoms with van der Waals surface area (Å²) in [6, 6.07) is 1.02. The third-order valence-electron chi connectivity index (χ3n) is 3.70. The zero-order valence-electron chi connectivity index (χ0n) is 11.8. The molecule has 0 radical (unpaired) electrons. The number of carbonyl (C=O) groups is 2. The standard InChI is InChI=1S/C14H25NO3/c1-4-12-7-6-11(3)15(12)10-13(16)8-9-14(17)18-5-2/h11-12H,4-10H2,1-3H3. The van der Waals surface area contributed by atoms with Crippen molar-refractivity contribution in [2.75, 3.05) is 13.2 Å². The highest BCUT2D eigenvalue weighted by Gasteiger charge is 2.30. The van der Waals surface area contributed by atoms with E-state index in [1.165, 1.54) is 12.8 Å². The van der Waals surface area contributed by atoms with E-state index in [2.05, 4.69) is 18.7 Å². The quantitative estimate of drug-likeness (QED) is 0.654. The van der Waals surface area contributed by atoms with Crippen molar-refractivity contribution in [2.45, 2.75) is 65.0 Å². The number of hydrogen-bond acceptors (Lipinski definition) is 4. The van der Waals surface area contributed by atoms with Crippen LogP contribution in [0.15, 0.2) is 0 Å². The van der Waals surface area contributed by atoms with E-state index in [0.717, 1.165) is 6.42 Å². The van der Waals surface area contributed by atoms with Crippen LogP contribution in [0, 0.1) is 0 Å². The lowest BCUT2D eigenvalue weighted by atomic mass is 10.1. The Bertz CT molecular complexity index is 291. The molecule has 1 aliphatic heterocycles. The van der Waals surface area contributed by atoms with Gasteiger partial charge in [-0.1, -0.05) is 6.92 Å². The van der Waals surface area contributed by atoms with Crippen LogP contribution in [0.4, 0.5) is 0 Å². The van der Waals surface area contributed by atoms with Gasteiger partial charge in [0, 0.05) is 18.5 Å². The van der Waals surface area contributed by atoms with Crippen molar-refractivity contribution in [1.82, 2.24) is 4.90 Å². The molecule has 1 fully saturated rings. The minimum Gasteiger partial charge on any atom is -0.466 e. The van der Waals surface area contributed by atoms with Crippen LogP contribution >= 0.6 is 0 Å². The van der Waals surface area contributed by atoms with Crippen LogP contribution in [-0.4, -0.2) is 41.9 Å². The SMILES string of the molecule is CCOC(=O)CCC(=O)CN1C(C)CCC1CC. The summed E-state index contributed by atoms with van der Waals surface area (Å²) in [5.74, 6) is -0.123. The molecule has 0 aromatic heterocycles. The number of likely N-dealkylation sites (tertiary alicyclic amines) is 1. The van der Waals surface area contributed by atoms with Crippen LogP contribution in [0.3, 0.4) is 0 Å². The minimum atomic E-state index is -0.271. The van der Waals surface area contributed by atoms with Gasteiger partial charge in [0.2, 0.25) is 0 Å². The van der Waals surface area contributed by atoms with Gasteiger partial charge in [-0.25, -0.2) is 0 Å². The predicted octanol–water partition coefficient (Wildman–Crippen LogP) is 2.16. The van der Waals surface area contributed by atoms with Crippen LogP contribution in [0.5, 0.6) is 0 Å². The molecule has 4 nitrogen and oxygen atoms in total. The van der Waals surface area contributed by atoms with Crippen molar-refractivity contribution in [2.24, 2.45) is 0 Å². The highest BCUT2D eigenvalue weighted by Crippen LogP contribution is 2.25. The Balaban J connectivity index is 2.32. The highest BCUT2D eigenvalue weighted by molar-refractivity contribution is 5.84. The number of esters is 1. The number of nitrogens with zero attached hydrogens (tertiary/aromatic N) is 1. The highest BCUT2D eigenvalue weighted by atomic mass is 16.5. The first kappa shape index (κ1) is 15.2. The summed E-state index contributed by atoms with van der Waals surface area (Å²) in [6.45, 7) is 6.98.